The Kier molecular flexibility index (Phi) is 6.59. The van der Waals surface area contributed by atoms with Crippen LogP contribution in [0.15, 0.2) is 53.4 Å². The summed E-state index contributed by atoms with van der Waals surface area (Å²) in [7, 11) is -3.97. The molecule has 2 rings (SSSR count). The number of nitrogens with one attached hydrogen (secondary N) is 1. The molecule has 0 aliphatic heterocycles. The maximum absolute atomic E-state index is 12.8. The lowest BCUT2D eigenvalue weighted by atomic mass is 10.1. The highest BCUT2D eigenvalue weighted by Crippen LogP contribution is 2.09. The molecule has 0 saturated carbocycles. The Morgan fingerprint density at radius 3 is 2.23 bits per heavy atom. The van der Waals surface area contributed by atoms with Crippen LogP contribution in [0.1, 0.15) is 22.8 Å². The fourth-order valence-corrected chi connectivity index (χ4v) is 3.03. The van der Waals surface area contributed by atoms with Gasteiger partial charge in [0.1, 0.15) is 12.4 Å². The van der Waals surface area contributed by atoms with Gasteiger partial charge in [0.05, 0.1) is 4.90 Å². The van der Waals surface area contributed by atoms with Crippen LogP contribution in [0.2, 0.25) is 0 Å². The SMILES string of the molecule is CCc1ccc(C(=O)COC(=O)CNS(=O)(=O)c2ccc(F)cc2)cc1. The lowest BCUT2D eigenvalue weighted by Gasteiger charge is -2.07. The van der Waals surface area contributed by atoms with Gasteiger partial charge in [0.2, 0.25) is 10.0 Å². The van der Waals surface area contributed by atoms with Crippen molar-refractivity contribution in [2.24, 2.45) is 0 Å². The van der Waals surface area contributed by atoms with Gasteiger partial charge in [-0.05, 0) is 36.2 Å². The third kappa shape index (κ3) is 5.47. The average molecular weight is 379 g/mol. The first-order chi connectivity index (χ1) is 12.3. The summed E-state index contributed by atoms with van der Waals surface area (Å²) in [4.78, 5) is 23.4. The molecule has 0 amide bonds. The Hall–Kier alpha value is -2.58. The average Bonchev–Trinajstić information content (AvgIpc) is 2.65. The first kappa shape index (κ1) is 19.7. The number of hydrogen-bond acceptors (Lipinski definition) is 5. The van der Waals surface area contributed by atoms with Crippen LogP contribution >= 0.6 is 0 Å². The molecule has 0 saturated heterocycles. The summed E-state index contributed by atoms with van der Waals surface area (Å²) in [5.74, 6) is -1.86. The summed E-state index contributed by atoms with van der Waals surface area (Å²) in [6.07, 6.45) is 0.845. The van der Waals surface area contributed by atoms with Gasteiger partial charge in [0.15, 0.2) is 12.4 Å². The van der Waals surface area contributed by atoms with Crippen LogP contribution in [-0.4, -0.2) is 33.3 Å². The number of sulfonamides is 1. The van der Waals surface area contributed by atoms with Crippen LogP contribution in [0.3, 0.4) is 0 Å². The molecule has 0 atom stereocenters. The number of ether oxygens (including phenoxy) is 1. The Labute approximate surface area is 151 Å². The minimum Gasteiger partial charge on any atom is -0.456 e. The van der Waals surface area contributed by atoms with E-state index in [1.54, 1.807) is 12.1 Å². The summed E-state index contributed by atoms with van der Waals surface area (Å²) in [6.45, 7) is 0.871. The number of Topliss-reactive ketones (excluding diaryl/α,β-unsaturated/α-hetero) is 1. The molecule has 6 nitrogen and oxygen atoms in total. The summed E-state index contributed by atoms with van der Waals surface area (Å²) >= 11 is 0. The second-order valence-electron chi connectivity index (χ2n) is 5.41. The van der Waals surface area contributed by atoms with E-state index in [-0.39, 0.29) is 10.7 Å². The standard InChI is InChI=1S/C18H18FNO5S/c1-2-13-3-5-14(6-4-13)17(21)12-25-18(22)11-20-26(23,24)16-9-7-15(19)8-10-16/h3-10,20H,2,11-12H2,1H3. The smallest absolute Gasteiger partial charge is 0.321 e. The van der Waals surface area contributed by atoms with E-state index in [1.165, 1.54) is 0 Å². The van der Waals surface area contributed by atoms with Crippen molar-refractivity contribution < 1.29 is 27.1 Å². The Balaban J connectivity index is 1.84. The lowest BCUT2D eigenvalue weighted by Crippen LogP contribution is -2.31. The Bertz CT molecular complexity index is 877. The molecule has 2 aromatic rings. The van der Waals surface area contributed by atoms with Crippen molar-refractivity contribution in [1.29, 1.82) is 0 Å². The highest BCUT2D eigenvalue weighted by molar-refractivity contribution is 7.89. The molecule has 2 aromatic carbocycles. The molecule has 138 valence electrons. The van der Waals surface area contributed by atoms with Crippen LogP contribution in [0.4, 0.5) is 4.39 Å². The molecule has 8 heteroatoms. The molecule has 0 fully saturated rings. The lowest BCUT2D eigenvalue weighted by molar-refractivity contribution is -0.141. The molecule has 0 heterocycles. The number of aryl methyl sites for hydroxylation is 1. The van der Waals surface area contributed by atoms with E-state index in [2.05, 4.69) is 0 Å². The number of carbonyl (C=O) groups is 2. The molecule has 0 aromatic heterocycles. The number of hydrogen-bond donors (Lipinski definition) is 1. The largest absolute Gasteiger partial charge is 0.456 e. The van der Waals surface area contributed by atoms with Gasteiger partial charge in [-0.25, -0.2) is 12.8 Å². The molecular weight excluding hydrogens is 361 g/mol. The highest BCUT2D eigenvalue weighted by atomic mass is 32.2. The molecular formula is C18H18FNO5S. The number of esters is 1. The summed E-state index contributed by atoms with van der Waals surface area (Å²) in [6, 6.07) is 11.1. The number of ketones is 1. The highest BCUT2D eigenvalue weighted by Gasteiger charge is 2.17. The number of benzene rings is 2. The molecule has 0 spiro atoms. The quantitative estimate of drug-likeness (QED) is 0.560. The molecule has 0 aliphatic carbocycles. The number of rotatable bonds is 8. The van der Waals surface area contributed by atoms with Crippen molar-refractivity contribution in [3.63, 3.8) is 0 Å². The van der Waals surface area contributed by atoms with Gasteiger partial charge < -0.3 is 4.74 Å². The Morgan fingerprint density at radius 2 is 1.65 bits per heavy atom. The zero-order valence-corrected chi connectivity index (χ0v) is 14.9. The third-order valence-electron chi connectivity index (χ3n) is 3.58. The van der Waals surface area contributed by atoms with Gasteiger partial charge in [-0.2, -0.15) is 4.72 Å². The predicted octanol–water partition coefficient (Wildman–Crippen LogP) is 2.09. The van der Waals surface area contributed by atoms with Crippen molar-refractivity contribution in [2.45, 2.75) is 18.2 Å². The van der Waals surface area contributed by atoms with Crippen LogP contribution in [-0.2, 0) is 26.0 Å². The zero-order chi connectivity index (χ0) is 19.2. The van der Waals surface area contributed by atoms with Crippen molar-refractivity contribution in [3.8, 4) is 0 Å². The molecule has 0 aliphatic rings. The van der Waals surface area contributed by atoms with Crippen LogP contribution in [0.25, 0.3) is 0 Å². The van der Waals surface area contributed by atoms with Gasteiger partial charge in [-0.15, -0.1) is 0 Å². The molecule has 0 bridgehead atoms. The van der Waals surface area contributed by atoms with Gasteiger partial charge >= 0.3 is 5.97 Å². The molecule has 0 radical (unpaired) electrons. The summed E-state index contributed by atoms with van der Waals surface area (Å²) in [5, 5.41) is 0. The second-order valence-corrected chi connectivity index (χ2v) is 7.18. The van der Waals surface area contributed by atoms with E-state index < -0.39 is 35.0 Å². The van der Waals surface area contributed by atoms with E-state index in [9.17, 15) is 22.4 Å². The third-order valence-corrected chi connectivity index (χ3v) is 5.00. The van der Waals surface area contributed by atoms with Crippen molar-refractivity contribution in [2.75, 3.05) is 13.2 Å². The van der Waals surface area contributed by atoms with Gasteiger partial charge in [-0.3, -0.25) is 9.59 Å². The maximum atomic E-state index is 12.8. The van der Waals surface area contributed by atoms with E-state index in [1.807, 2.05) is 23.8 Å². The molecule has 26 heavy (non-hydrogen) atoms. The maximum Gasteiger partial charge on any atom is 0.321 e. The first-order valence-electron chi connectivity index (χ1n) is 7.85. The fraction of sp³-hybridized carbons (Fsp3) is 0.222. The van der Waals surface area contributed by atoms with E-state index in [4.69, 9.17) is 4.74 Å². The van der Waals surface area contributed by atoms with Crippen molar-refractivity contribution >= 4 is 21.8 Å². The van der Waals surface area contributed by atoms with E-state index in [0.29, 0.717) is 5.56 Å². The predicted molar refractivity (Wildman–Crippen MR) is 92.7 cm³/mol. The van der Waals surface area contributed by atoms with Crippen molar-refractivity contribution in [1.82, 2.24) is 4.72 Å². The van der Waals surface area contributed by atoms with Crippen LogP contribution < -0.4 is 4.72 Å². The van der Waals surface area contributed by atoms with Crippen LogP contribution in [0.5, 0.6) is 0 Å². The van der Waals surface area contributed by atoms with Gasteiger partial charge in [0.25, 0.3) is 0 Å². The van der Waals surface area contributed by atoms with Gasteiger partial charge in [0, 0.05) is 5.56 Å². The molecule has 0 unspecified atom stereocenters. The van der Waals surface area contributed by atoms with Crippen LogP contribution in [0, 0.1) is 5.82 Å². The first-order valence-corrected chi connectivity index (χ1v) is 9.33. The monoisotopic (exact) mass is 379 g/mol. The second kappa shape index (κ2) is 8.68. The topological polar surface area (TPSA) is 89.5 Å². The summed E-state index contributed by atoms with van der Waals surface area (Å²) < 4.78 is 43.6. The minimum atomic E-state index is -3.97. The summed E-state index contributed by atoms with van der Waals surface area (Å²) in [5.41, 5.74) is 1.48. The number of carbonyl (C=O) groups excluding carboxylic acids is 2. The minimum absolute atomic E-state index is 0.182. The Morgan fingerprint density at radius 1 is 1.04 bits per heavy atom. The van der Waals surface area contributed by atoms with E-state index >= 15 is 0 Å². The fourth-order valence-electron chi connectivity index (χ4n) is 2.06. The molecule has 1 N–H and O–H groups in total. The van der Waals surface area contributed by atoms with E-state index in [0.717, 1.165) is 36.2 Å². The normalized spacial score (nSPS) is 11.2. The van der Waals surface area contributed by atoms with Crippen molar-refractivity contribution in [3.05, 3.63) is 65.5 Å². The zero-order valence-electron chi connectivity index (χ0n) is 14.1. The van der Waals surface area contributed by atoms with Gasteiger partial charge in [-0.1, -0.05) is 31.2 Å². The number of halogens is 1.